The lowest BCUT2D eigenvalue weighted by molar-refractivity contribution is 0.0527. The van der Waals surface area contributed by atoms with E-state index in [0.717, 1.165) is 6.42 Å². The third-order valence-electron chi connectivity index (χ3n) is 2.46. The van der Waals surface area contributed by atoms with E-state index < -0.39 is 5.97 Å². The summed E-state index contributed by atoms with van der Waals surface area (Å²) in [6, 6.07) is 5.13. The van der Waals surface area contributed by atoms with Crippen LogP contribution in [0.1, 0.15) is 37.6 Å². The quantitative estimate of drug-likeness (QED) is 0.631. The van der Waals surface area contributed by atoms with Crippen molar-refractivity contribution in [1.82, 2.24) is 0 Å². The number of benzene rings is 1. The number of ether oxygens (including phenoxy) is 2. The van der Waals surface area contributed by atoms with E-state index in [1.54, 1.807) is 25.1 Å². The highest BCUT2D eigenvalue weighted by Crippen LogP contribution is 2.27. The molecule has 17 heavy (non-hydrogen) atoms. The van der Waals surface area contributed by atoms with Gasteiger partial charge in [-0.1, -0.05) is 13.0 Å². The summed E-state index contributed by atoms with van der Waals surface area (Å²) < 4.78 is 10.6. The van der Waals surface area contributed by atoms with Crippen LogP contribution < -0.4 is 10.5 Å². The van der Waals surface area contributed by atoms with Crippen LogP contribution in [0.4, 0.5) is 5.69 Å². The first-order chi connectivity index (χ1) is 8.10. The van der Waals surface area contributed by atoms with E-state index in [-0.39, 0.29) is 6.10 Å². The number of rotatable bonds is 5. The number of esters is 1. The van der Waals surface area contributed by atoms with Gasteiger partial charge in [0.2, 0.25) is 0 Å². The third kappa shape index (κ3) is 3.37. The maximum atomic E-state index is 11.6. The monoisotopic (exact) mass is 237 g/mol. The average molecular weight is 237 g/mol. The van der Waals surface area contributed by atoms with Gasteiger partial charge in [-0.2, -0.15) is 0 Å². The molecule has 0 radical (unpaired) electrons. The Bertz CT molecular complexity index is 390. The van der Waals surface area contributed by atoms with Gasteiger partial charge in [-0.15, -0.1) is 0 Å². The molecule has 0 bridgehead atoms. The zero-order chi connectivity index (χ0) is 12.8. The van der Waals surface area contributed by atoms with Crippen molar-refractivity contribution in [2.75, 3.05) is 12.3 Å². The summed E-state index contributed by atoms with van der Waals surface area (Å²) in [5.74, 6) is 0.115. The van der Waals surface area contributed by atoms with Crippen molar-refractivity contribution in [3.63, 3.8) is 0 Å². The van der Waals surface area contributed by atoms with Crippen molar-refractivity contribution in [2.24, 2.45) is 0 Å². The zero-order valence-corrected chi connectivity index (χ0v) is 10.5. The lowest BCUT2D eigenvalue weighted by Crippen LogP contribution is -2.13. The molecule has 0 aliphatic carbocycles. The molecule has 1 aromatic carbocycles. The molecule has 0 aliphatic rings. The van der Waals surface area contributed by atoms with E-state index in [4.69, 9.17) is 15.2 Å². The fourth-order valence-electron chi connectivity index (χ4n) is 1.33. The molecule has 94 valence electrons. The van der Waals surface area contributed by atoms with E-state index in [0.29, 0.717) is 23.6 Å². The van der Waals surface area contributed by atoms with Crippen molar-refractivity contribution in [2.45, 2.75) is 33.3 Å². The number of carbonyl (C=O) groups is 1. The standard InChI is InChI=1S/C13H19NO3/c1-4-9(3)17-11-8-6-7-10(12(11)14)13(15)16-5-2/h6-9H,4-5,14H2,1-3H3. The molecule has 0 aliphatic heterocycles. The van der Waals surface area contributed by atoms with E-state index in [2.05, 4.69) is 0 Å². The lowest BCUT2D eigenvalue weighted by Gasteiger charge is -2.15. The van der Waals surface area contributed by atoms with Gasteiger partial charge in [-0.25, -0.2) is 4.79 Å². The minimum Gasteiger partial charge on any atom is -0.489 e. The molecular weight excluding hydrogens is 218 g/mol. The van der Waals surface area contributed by atoms with Crippen LogP contribution >= 0.6 is 0 Å². The minimum absolute atomic E-state index is 0.0646. The van der Waals surface area contributed by atoms with E-state index in [1.165, 1.54) is 0 Å². The average Bonchev–Trinajstić information content (AvgIpc) is 2.32. The fourth-order valence-corrected chi connectivity index (χ4v) is 1.33. The van der Waals surface area contributed by atoms with E-state index in [1.807, 2.05) is 13.8 Å². The van der Waals surface area contributed by atoms with Crippen LogP contribution in [0.5, 0.6) is 5.75 Å². The van der Waals surface area contributed by atoms with Crippen molar-refractivity contribution < 1.29 is 14.3 Å². The molecule has 0 aromatic heterocycles. The Hall–Kier alpha value is -1.71. The molecule has 1 rings (SSSR count). The molecule has 0 saturated carbocycles. The molecule has 2 N–H and O–H groups in total. The second-order valence-corrected chi connectivity index (χ2v) is 3.77. The summed E-state index contributed by atoms with van der Waals surface area (Å²) >= 11 is 0. The normalized spacial score (nSPS) is 11.9. The summed E-state index contributed by atoms with van der Waals surface area (Å²) in [7, 11) is 0. The highest BCUT2D eigenvalue weighted by Gasteiger charge is 2.15. The molecule has 4 heteroatoms. The number of carbonyl (C=O) groups excluding carboxylic acids is 1. The largest absolute Gasteiger partial charge is 0.489 e. The van der Waals surface area contributed by atoms with Gasteiger partial charge >= 0.3 is 5.97 Å². The van der Waals surface area contributed by atoms with Crippen molar-refractivity contribution in [1.29, 1.82) is 0 Å². The van der Waals surface area contributed by atoms with E-state index in [9.17, 15) is 4.79 Å². The first-order valence-corrected chi connectivity index (χ1v) is 5.82. The van der Waals surface area contributed by atoms with Crippen LogP contribution in [-0.2, 0) is 4.74 Å². The van der Waals surface area contributed by atoms with Gasteiger partial charge in [-0.05, 0) is 32.4 Å². The topological polar surface area (TPSA) is 61.5 Å². The first-order valence-electron chi connectivity index (χ1n) is 5.82. The number of para-hydroxylation sites is 1. The van der Waals surface area contributed by atoms with Crippen molar-refractivity contribution in [3.8, 4) is 5.75 Å². The molecule has 1 aromatic rings. The Balaban J connectivity index is 2.94. The predicted octanol–water partition coefficient (Wildman–Crippen LogP) is 2.62. The molecule has 1 unspecified atom stereocenters. The smallest absolute Gasteiger partial charge is 0.340 e. The Morgan fingerprint density at radius 3 is 2.71 bits per heavy atom. The Morgan fingerprint density at radius 2 is 2.12 bits per heavy atom. The summed E-state index contributed by atoms with van der Waals surface area (Å²) in [4.78, 5) is 11.6. The highest BCUT2D eigenvalue weighted by atomic mass is 16.5. The molecule has 0 amide bonds. The zero-order valence-electron chi connectivity index (χ0n) is 10.5. The Kier molecular flexibility index (Phi) is 4.82. The van der Waals surface area contributed by atoms with Crippen LogP contribution in [0.3, 0.4) is 0 Å². The minimum atomic E-state index is -0.417. The Morgan fingerprint density at radius 1 is 1.41 bits per heavy atom. The maximum Gasteiger partial charge on any atom is 0.340 e. The number of nitrogens with two attached hydrogens (primary N) is 1. The van der Waals surface area contributed by atoms with Crippen LogP contribution in [-0.4, -0.2) is 18.7 Å². The van der Waals surface area contributed by atoms with Gasteiger partial charge in [-0.3, -0.25) is 0 Å². The van der Waals surface area contributed by atoms with Gasteiger partial charge in [0.15, 0.2) is 0 Å². The number of anilines is 1. The van der Waals surface area contributed by atoms with Gasteiger partial charge in [0.1, 0.15) is 5.75 Å². The van der Waals surface area contributed by atoms with Gasteiger partial charge < -0.3 is 15.2 Å². The predicted molar refractivity (Wildman–Crippen MR) is 67.2 cm³/mol. The lowest BCUT2D eigenvalue weighted by atomic mass is 10.1. The number of hydrogen-bond acceptors (Lipinski definition) is 4. The van der Waals surface area contributed by atoms with Gasteiger partial charge in [0.05, 0.1) is 24.0 Å². The SMILES string of the molecule is CCOC(=O)c1cccc(OC(C)CC)c1N. The van der Waals surface area contributed by atoms with Crippen molar-refractivity contribution in [3.05, 3.63) is 23.8 Å². The Labute approximate surface area is 102 Å². The summed E-state index contributed by atoms with van der Waals surface area (Å²) in [5.41, 5.74) is 6.59. The first kappa shape index (κ1) is 13.4. The molecule has 1 atom stereocenters. The van der Waals surface area contributed by atoms with Gasteiger partial charge in [0.25, 0.3) is 0 Å². The second kappa shape index (κ2) is 6.13. The second-order valence-electron chi connectivity index (χ2n) is 3.77. The summed E-state index contributed by atoms with van der Waals surface area (Å²) in [5, 5.41) is 0. The number of hydrogen-bond donors (Lipinski definition) is 1. The highest BCUT2D eigenvalue weighted by molar-refractivity contribution is 5.96. The van der Waals surface area contributed by atoms with Crippen molar-refractivity contribution >= 4 is 11.7 Å². The fraction of sp³-hybridized carbons (Fsp3) is 0.462. The molecule has 4 nitrogen and oxygen atoms in total. The number of nitrogen functional groups attached to an aromatic ring is 1. The molecule has 0 spiro atoms. The van der Waals surface area contributed by atoms with Crippen LogP contribution in [0.25, 0.3) is 0 Å². The van der Waals surface area contributed by atoms with Crippen LogP contribution in [0.2, 0.25) is 0 Å². The summed E-state index contributed by atoms with van der Waals surface area (Å²) in [6.45, 7) is 6.06. The molecular formula is C13H19NO3. The van der Waals surface area contributed by atoms with Gasteiger partial charge in [0, 0.05) is 0 Å². The third-order valence-corrected chi connectivity index (χ3v) is 2.46. The summed E-state index contributed by atoms with van der Waals surface area (Å²) in [6.07, 6.45) is 0.943. The molecule has 0 fully saturated rings. The molecule has 0 saturated heterocycles. The van der Waals surface area contributed by atoms with Crippen LogP contribution in [0.15, 0.2) is 18.2 Å². The maximum absolute atomic E-state index is 11.6. The van der Waals surface area contributed by atoms with E-state index >= 15 is 0 Å². The van der Waals surface area contributed by atoms with Crippen LogP contribution in [0, 0.1) is 0 Å². The molecule has 0 heterocycles.